The standard InChI is InChI=1S/C19H24O2S/c1-3-4-5-6-9-12-22-19-14-17-11-8-7-10-16(17)13-18(19)21-15(2)20/h7-8,10-11,13-14H,3-6,9,12H2,1-2H3. The van der Waals surface area contributed by atoms with Gasteiger partial charge in [-0.15, -0.1) is 11.8 Å². The Bertz CT molecular complexity index is 622. The highest BCUT2D eigenvalue weighted by Gasteiger charge is 2.09. The molecular weight excluding hydrogens is 292 g/mol. The molecule has 2 aromatic rings. The number of fused-ring (bicyclic) bond motifs is 1. The molecule has 0 heterocycles. The summed E-state index contributed by atoms with van der Waals surface area (Å²) in [5, 5.41) is 2.29. The van der Waals surface area contributed by atoms with Gasteiger partial charge in [-0.3, -0.25) is 4.79 Å². The lowest BCUT2D eigenvalue weighted by Gasteiger charge is -2.10. The Morgan fingerprint density at radius 2 is 1.73 bits per heavy atom. The van der Waals surface area contributed by atoms with Crippen LogP contribution in [0.1, 0.15) is 46.0 Å². The number of ether oxygens (including phenoxy) is 1. The van der Waals surface area contributed by atoms with Crippen molar-refractivity contribution in [2.45, 2.75) is 50.8 Å². The fourth-order valence-corrected chi connectivity index (χ4v) is 3.46. The largest absolute Gasteiger partial charge is 0.426 e. The van der Waals surface area contributed by atoms with E-state index in [1.807, 2.05) is 24.3 Å². The lowest BCUT2D eigenvalue weighted by Crippen LogP contribution is -2.02. The summed E-state index contributed by atoms with van der Waals surface area (Å²) in [6.07, 6.45) is 6.38. The molecule has 0 atom stereocenters. The van der Waals surface area contributed by atoms with Crippen LogP contribution in [0.15, 0.2) is 41.3 Å². The summed E-state index contributed by atoms with van der Waals surface area (Å²) in [5.41, 5.74) is 0. The van der Waals surface area contributed by atoms with Crippen molar-refractivity contribution in [1.82, 2.24) is 0 Å². The molecule has 2 aromatic carbocycles. The predicted octanol–water partition coefficient (Wildman–Crippen LogP) is 5.83. The Kier molecular flexibility index (Phi) is 6.78. The lowest BCUT2D eigenvalue weighted by molar-refractivity contribution is -0.132. The maximum Gasteiger partial charge on any atom is 0.308 e. The van der Waals surface area contributed by atoms with Crippen LogP contribution >= 0.6 is 11.8 Å². The van der Waals surface area contributed by atoms with Gasteiger partial charge in [-0.1, -0.05) is 56.9 Å². The van der Waals surface area contributed by atoms with E-state index in [0.29, 0.717) is 5.75 Å². The van der Waals surface area contributed by atoms with Crippen LogP contribution in [0, 0.1) is 0 Å². The average Bonchev–Trinajstić information content (AvgIpc) is 2.50. The molecular formula is C19H24O2S. The zero-order valence-corrected chi connectivity index (χ0v) is 14.2. The third-order valence-corrected chi connectivity index (χ3v) is 4.69. The monoisotopic (exact) mass is 316 g/mol. The number of hydrogen-bond acceptors (Lipinski definition) is 3. The second kappa shape index (κ2) is 8.84. The first-order chi connectivity index (χ1) is 10.7. The predicted molar refractivity (Wildman–Crippen MR) is 94.7 cm³/mol. The second-order valence-electron chi connectivity index (χ2n) is 5.50. The fraction of sp³-hybridized carbons (Fsp3) is 0.421. The van der Waals surface area contributed by atoms with Gasteiger partial charge in [0, 0.05) is 6.92 Å². The fourth-order valence-electron chi connectivity index (χ4n) is 2.43. The van der Waals surface area contributed by atoms with Crippen LogP contribution in [0.3, 0.4) is 0 Å². The van der Waals surface area contributed by atoms with E-state index in [2.05, 4.69) is 19.1 Å². The van der Waals surface area contributed by atoms with Gasteiger partial charge in [0.15, 0.2) is 0 Å². The van der Waals surface area contributed by atoms with E-state index in [4.69, 9.17) is 4.74 Å². The number of rotatable bonds is 8. The molecule has 2 nitrogen and oxygen atoms in total. The van der Waals surface area contributed by atoms with Gasteiger partial charge in [0.2, 0.25) is 0 Å². The van der Waals surface area contributed by atoms with E-state index in [-0.39, 0.29) is 5.97 Å². The molecule has 0 spiro atoms. The number of hydrogen-bond donors (Lipinski definition) is 0. The molecule has 0 aliphatic carbocycles. The average molecular weight is 316 g/mol. The van der Waals surface area contributed by atoms with Gasteiger partial charge in [-0.2, -0.15) is 0 Å². The van der Waals surface area contributed by atoms with Crippen molar-refractivity contribution in [2.75, 3.05) is 5.75 Å². The molecule has 0 aliphatic heterocycles. The zero-order chi connectivity index (χ0) is 15.8. The molecule has 0 N–H and O–H groups in total. The van der Waals surface area contributed by atoms with Crippen molar-refractivity contribution in [3.63, 3.8) is 0 Å². The first-order valence-electron chi connectivity index (χ1n) is 8.04. The summed E-state index contributed by atoms with van der Waals surface area (Å²) in [4.78, 5) is 12.4. The highest BCUT2D eigenvalue weighted by atomic mass is 32.2. The normalized spacial score (nSPS) is 10.8. The van der Waals surface area contributed by atoms with Crippen molar-refractivity contribution in [3.8, 4) is 5.75 Å². The third-order valence-electron chi connectivity index (χ3n) is 3.57. The molecule has 0 radical (unpaired) electrons. The Morgan fingerprint density at radius 1 is 1.05 bits per heavy atom. The smallest absolute Gasteiger partial charge is 0.308 e. The van der Waals surface area contributed by atoms with Crippen LogP contribution in [0.25, 0.3) is 10.8 Å². The highest BCUT2D eigenvalue weighted by molar-refractivity contribution is 7.99. The summed E-state index contributed by atoms with van der Waals surface area (Å²) in [6.45, 7) is 3.68. The molecule has 0 aromatic heterocycles. The number of esters is 1. The maximum absolute atomic E-state index is 11.3. The molecule has 0 saturated heterocycles. The maximum atomic E-state index is 11.3. The van der Waals surface area contributed by atoms with Crippen LogP contribution in [0.2, 0.25) is 0 Å². The minimum absolute atomic E-state index is 0.264. The number of benzene rings is 2. The van der Waals surface area contributed by atoms with Crippen molar-refractivity contribution in [3.05, 3.63) is 36.4 Å². The van der Waals surface area contributed by atoms with E-state index in [0.717, 1.165) is 16.0 Å². The van der Waals surface area contributed by atoms with Crippen molar-refractivity contribution < 1.29 is 9.53 Å². The Labute approximate surface area is 137 Å². The van der Waals surface area contributed by atoms with E-state index in [9.17, 15) is 4.79 Å². The Hall–Kier alpha value is -1.48. The number of thioether (sulfide) groups is 1. The molecule has 0 aliphatic rings. The van der Waals surface area contributed by atoms with Crippen LogP contribution in [0.5, 0.6) is 5.75 Å². The molecule has 0 saturated carbocycles. The third kappa shape index (κ3) is 5.06. The molecule has 0 amide bonds. The number of carbonyl (C=O) groups is 1. The summed E-state index contributed by atoms with van der Waals surface area (Å²) in [6, 6.07) is 12.3. The van der Waals surface area contributed by atoms with Gasteiger partial charge >= 0.3 is 5.97 Å². The number of carbonyl (C=O) groups excluding carboxylic acids is 1. The molecule has 118 valence electrons. The summed E-state index contributed by atoms with van der Waals surface area (Å²) in [7, 11) is 0. The zero-order valence-electron chi connectivity index (χ0n) is 13.4. The topological polar surface area (TPSA) is 26.3 Å². The first-order valence-corrected chi connectivity index (χ1v) is 9.03. The quantitative estimate of drug-likeness (QED) is 0.265. The van der Waals surface area contributed by atoms with Gasteiger partial charge in [-0.05, 0) is 35.1 Å². The molecule has 0 bridgehead atoms. The van der Waals surface area contributed by atoms with Crippen LogP contribution in [0.4, 0.5) is 0 Å². The van der Waals surface area contributed by atoms with Gasteiger partial charge in [0.1, 0.15) is 5.75 Å². The molecule has 22 heavy (non-hydrogen) atoms. The summed E-state index contributed by atoms with van der Waals surface area (Å²) in [5.74, 6) is 1.49. The SMILES string of the molecule is CCCCCCCSc1cc2ccccc2cc1OC(C)=O. The first kappa shape index (κ1) is 16.9. The van der Waals surface area contributed by atoms with Crippen molar-refractivity contribution >= 4 is 28.5 Å². The van der Waals surface area contributed by atoms with Crippen molar-refractivity contribution in [1.29, 1.82) is 0 Å². The van der Waals surface area contributed by atoms with Gasteiger partial charge in [0.25, 0.3) is 0 Å². The molecule has 3 heteroatoms. The van der Waals surface area contributed by atoms with Crippen LogP contribution in [-0.2, 0) is 4.79 Å². The van der Waals surface area contributed by atoms with E-state index >= 15 is 0 Å². The molecule has 0 unspecified atom stereocenters. The van der Waals surface area contributed by atoms with Crippen LogP contribution < -0.4 is 4.74 Å². The second-order valence-corrected chi connectivity index (χ2v) is 6.64. The highest BCUT2D eigenvalue weighted by Crippen LogP contribution is 2.34. The summed E-state index contributed by atoms with van der Waals surface area (Å²) >= 11 is 1.78. The molecule has 2 rings (SSSR count). The summed E-state index contributed by atoms with van der Waals surface area (Å²) < 4.78 is 5.39. The number of unbranched alkanes of at least 4 members (excludes halogenated alkanes) is 4. The van der Waals surface area contributed by atoms with Gasteiger partial charge < -0.3 is 4.74 Å². The lowest BCUT2D eigenvalue weighted by atomic mass is 10.1. The Balaban J connectivity index is 2.06. The van der Waals surface area contributed by atoms with E-state index in [1.165, 1.54) is 44.4 Å². The molecule has 0 fully saturated rings. The van der Waals surface area contributed by atoms with E-state index in [1.54, 1.807) is 11.8 Å². The Morgan fingerprint density at radius 3 is 2.41 bits per heavy atom. The van der Waals surface area contributed by atoms with Crippen LogP contribution in [-0.4, -0.2) is 11.7 Å². The van der Waals surface area contributed by atoms with Gasteiger partial charge in [-0.25, -0.2) is 0 Å². The van der Waals surface area contributed by atoms with E-state index < -0.39 is 0 Å². The van der Waals surface area contributed by atoms with Crippen molar-refractivity contribution in [2.24, 2.45) is 0 Å². The minimum Gasteiger partial charge on any atom is -0.426 e. The minimum atomic E-state index is -0.264. The van der Waals surface area contributed by atoms with Gasteiger partial charge in [0.05, 0.1) is 4.90 Å².